The van der Waals surface area contributed by atoms with Gasteiger partial charge in [-0.25, -0.2) is 9.59 Å². The molecule has 0 aliphatic carbocycles. The molecule has 0 saturated carbocycles. The van der Waals surface area contributed by atoms with Crippen molar-refractivity contribution in [3.05, 3.63) is 34.9 Å². The maximum absolute atomic E-state index is 12.3. The van der Waals surface area contributed by atoms with Crippen molar-refractivity contribution in [2.45, 2.75) is 32.0 Å². The molecule has 5 nitrogen and oxygen atoms in total. The minimum atomic E-state index is -0.930. The van der Waals surface area contributed by atoms with Gasteiger partial charge in [0, 0.05) is 19.1 Å². The van der Waals surface area contributed by atoms with E-state index in [2.05, 4.69) is 5.32 Å². The minimum Gasteiger partial charge on any atom is -0.478 e. The smallest absolute Gasteiger partial charge is 0.335 e. The summed E-state index contributed by atoms with van der Waals surface area (Å²) in [7, 11) is 0. The summed E-state index contributed by atoms with van der Waals surface area (Å²) in [6, 6.07) is 5.31. The van der Waals surface area contributed by atoms with Gasteiger partial charge in [-0.2, -0.15) is 11.8 Å². The van der Waals surface area contributed by atoms with E-state index in [1.165, 1.54) is 0 Å². The van der Waals surface area contributed by atoms with Crippen LogP contribution in [-0.2, 0) is 13.1 Å². The predicted octanol–water partition coefficient (Wildman–Crippen LogP) is 2.31. The molecule has 1 aromatic rings. The zero-order valence-corrected chi connectivity index (χ0v) is 12.5. The molecular weight excluding hydrogens is 288 g/mol. The lowest BCUT2D eigenvalue weighted by Crippen LogP contribution is -2.43. The van der Waals surface area contributed by atoms with Gasteiger partial charge in [-0.15, -0.1) is 0 Å². The number of hydrogen-bond donors (Lipinski definition) is 2. The van der Waals surface area contributed by atoms with Gasteiger partial charge in [0.2, 0.25) is 0 Å². The molecule has 1 saturated heterocycles. The van der Waals surface area contributed by atoms with Gasteiger partial charge in [-0.1, -0.05) is 6.07 Å². The number of benzene rings is 1. The first-order valence-electron chi connectivity index (χ1n) is 7.12. The van der Waals surface area contributed by atoms with Crippen LogP contribution in [-0.4, -0.2) is 39.6 Å². The van der Waals surface area contributed by atoms with E-state index in [9.17, 15) is 9.59 Å². The molecule has 0 bridgehead atoms. The summed E-state index contributed by atoms with van der Waals surface area (Å²) < 4.78 is 0. The number of carbonyl (C=O) groups is 2. The molecule has 1 aromatic carbocycles. The van der Waals surface area contributed by atoms with Gasteiger partial charge in [0.25, 0.3) is 0 Å². The lowest BCUT2D eigenvalue weighted by molar-refractivity contribution is 0.0696. The molecule has 112 valence electrons. The zero-order chi connectivity index (χ0) is 14.8. The normalized spacial score (nSPS) is 18.4. The van der Waals surface area contributed by atoms with Crippen molar-refractivity contribution in [2.24, 2.45) is 0 Å². The van der Waals surface area contributed by atoms with Gasteiger partial charge in [-0.3, -0.25) is 0 Å². The van der Waals surface area contributed by atoms with Gasteiger partial charge < -0.3 is 15.3 Å². The first-order valence-corrected chi connectivity index (χ1v) is 8.27. The maximum Gasteiger partial charge on any atom is 0.335 e. The summed E-state index contributed by atoms with van der Waals surface area (Å²) in [5.41, 5.74) is 2.25. The lowest BCUT2D eigenvalue weighted by Gasteiger charge is -2.25. The van der Waals surface area contributed by atoms with Crippen molar-refractivity contribution in [2.75, 3.05) is 11.5 Å². The number of aromatic carboxylic acids is 1. The van der Waals surface area contributed by atoms with E-state index >= 15 is 0 Å². The summed E-state index contributed by atoms with van der Waals surface area (Å²) in [6.07, 6.45) is 2.06. The quantitative estimate of drug-likeness (QED) is 0.879. The Balaban J connectivity index is 1.63. The second kappa shape index (κ2) is 5.97. The van der Waals surface area contributed by atoms with Crippen molar-refractivity contribution in [1.29, 1.82) is 0 Å². The first-order chi connectivity index (χ1) is 10.1. The molecule has 2 aliphatic heterocycles. The molecule has 6 heteroatoms. The van der Waals surface area contributed by atoms with Crippen LogP contribution in [0.15, 0.2) is 18.2 Å². The van der Waals surface area contributed by atoms with Gasteiger partial charge >= 0.3 is 12.0 Å². The molecule has 2 N–H and O–H groups in total. The Hall–Kier alpha value is -1.69. The van der Waals surface area contributed by atoms with Crippen LogP contribution >= 0.6 is 11.8 Å². The topological polar surface area (TPSA) is 69.6 Å². The van der Waals surface area contributed by atoms with E-state index in [0.717, 1.165) is 35.5 Å². The fourth-order valence-corrected chi connectivity index (χ4v) is 3.89. The van der Waals surface area contributed by atoms with Crippen molar-refractivity contribution >= 4 is 23.8 Å². The Morgan fingerprint density at radius 3 is 2.62 bits per heavy atom. The predicted molar refractivity (Wildman–Crippen MR) is 81.5 cm³/mol. The highest BCUT2D eigenvalue weighted by molar-refractivity contribution is 7.99. The number of nitrogens with one attached hydrogen (secondary N) is 1. The summed E-state index contributed by atoms with van der Waals surface area (Å²) >= 11 is 1.93. The molecule has 2 aliphatic rings. The highest BCUT2D eigenvalue weighted by atomic mass is 32.2. The number of carboxylic acids is 1. The molecule has 3 rings (SSSR count). The van der Waals surface area contributed by atoms with Crippen LogP contribution in [0.1, 0.15) is 34.3 Å². The van der Waals surface area contributed by atoms with Gasteiger partial charge in [0.15, 0.2) is 0 Å². The number of rotatable bonds is 2. The highest BCUT2D eigenvalue weighted by Crippen LogP contribution is 2.24. The van der Waals surface area contributed by atoms with Gasteiger partial charge in [-0.05, 0) is 47.6 Å². The van der Waals surface area contributed by atoms with Gasteiger partial charge in [0.1, 0.15) is 0 Å². The van der Waals surface area contributed by atoms with Crippen LogP contribution in [0.5, 0.6) is 0 Å². The van der Waals surface area contributed by atoms with Crippen LogP contribution in [0.3, 0.4) is 0 Å². The van der Waals surface area contributed by atoms with Crippen molar-refractivity contribution < 1.29 is 14.7 Å². The SMILES string of the molecule is O=C(O)c1ccc2c(c1)CN(C(=O)NC1CCSCC1)C2. The minimum absolute atomic E-state index is 0.0417. The van der Waals surface area contributed by atoms with Crippen LogP contribution in [0.2, 0.25) is 0 Å². The van der Waals surface area contributed by atoms with Crippen LogP contribution in [0.25, 0.3) is 0 Å². The molecule has 21 heavy (non-hydrogen) atoms. The van der Waals surface area contributed by atoms with E-state index in [4.69, 9.17) is 5.11 Å². The number of carboxylic acid groups (broad SMARTS) is 1. The monoisotopic (exact) mass is 306 g/mol. The van der Waals surface area contributed by atoms with Crippen LogP contribution in [0.4, 0.5) is 4.79 Å². The van der Waals surface area contributed by atoms with E-state index in [1.54, 1.807) is 17.0 Å². The molecule has 0 radical (unpaired) electrons. The third-order valence-electron chi connectivity index (χ3n) is 4.01. The fraction of sp³-hybridized carbons (Fsp3) is 0.467. The average molecular weight is 306 g/mol. The van der Waals surface area contributed by atoms with Crippen molar-refractivity contribution in [3.8, 4) is 0 Å². The molecular formula is C15H18N2O3S. The van der Waals surface area contributed by atoms with Crippen molar-refractivity contribution in [1.82, 2.24) is 10.2 Å². The fourth-order valence-electron chi connectivity index (χ4n) is 2.78. The largest absolute Gasteiger partial charge is 0.478 e. The third-order valence-corrected chi connectivity index (χ3v) is 5.06. The Morgan fingerprint density at radius 1 is 1.19 bits per heavy atom. The number of nitrogens with zero attached hydrogens (tertiary/aromatic N) is 1. The number of hydrogen-bond acceptors (Lipinski definition) is 3. The number of carbonyl (C=O) groups excluding carboxylic acids is 1. The number of urea groups is 1. The number of amides is 2. The Labute approximate surface area is 127 Å². The number of thioether (sulfide) groups is 1. The Morgan fingerprint density at radius 2 is 1.90 bits per heavy atom. The average Bonchev–Trinajstić information content (AvgIpc) is 2.91. The first kappa shape index (κ1) is 14.3. The molecule has 1 fully saturated rings. The summed E-state index contributed by atoms with van der Waals surface area (Å²) in [5, 5.41) is 12.1. The molecule has 0 atom stereocenters. The number of fused-ring (bicyclic) bond motifs is 1. The standard InChI is InChI=1S/C15H18N2O3S/c18-14(19)10-1-2-11-8-17(9-12(11)7-10)15(20)16-13-3-5-21-6-4-13/h1-2,7,13H,3-6,8-9H2,(H,16,20)(H,18,19). The van der Waals surface area contributed by atoms with Crippen LogP contribution < -0.4 is 5.32 Å². The summed E-state index contributed by atoms with van der Waals surface area (Å²) in [4.78, 5) is 25.0. The van der Waals surface area contributed by atoms with E-state index in [0.29, 0.717) is 13.1 Å². The van der Waals surface area contributed by atoms with E-state index in [-0.39, 0.29) is 17.6 Å². The molecule has 0 unspecified atom stereocenters. The highest BCUT2D eigenvalue weighted by Gasteiger charge is 2.26. The summed E-state index contributed by atoms with van der Waals surface area (Å²) in [5.74, 6) is 1.28. The second-order valence-electron chi connectivity index (χ2n) is 5.48. The molecule has 2 heterocycles. The molecule has 0 aromatic heterocycles. The Kier molecular flexibility index (Phi) is 4.05. The molecule has 0 spiro atoms. The second-order valence-corrected chi connectivity index (χ2v) is 6.71. The van der Waals surface area contributed by atoms with E-state index in [1.807, 2.05) is 17.8 Å². The van der Waals surface area contributed by atoms with Crippen LogP contribution in [0, 0.1) is 0 Å². The summed E-state index contributed by atoms with van der Waals surface area (Å²) in [6.45, 7) is 1.05. The third kappa shape index (κ3) is 3.15. The lowest BCUT2D eigenvalue weighted by atomic mass is 10.1. The van der Waals surface area contributed by atoms with Crippen molar-refractivity contribution in [3.63, 3.8) is 0 Å². The maximum atomic E-state index is 12.3. The molecule has 2 amide bonds. The van der Waals surface area contributed by atoms with Gasteiger partial charge in [0.05, 0.1) is 5.56 Å². The zero-order valence-electron chi connectivity index (χ0n) is 11.7. The van der Waals surface area contributed by atoms with E-state index < -0.39 is 5.97 Å². The Bertz CT molecular complexity index is 570.